The number of carbonyl (C=O) groups is 2. The number of rotatable bonds is 8. The number of ether oxygens (including phenoxy) is 1. The number of benzene rings is 2. The van der Waals surface area contributed by atoms with Gasteiger partial charge in [-0.3, -0.25) is 14.5 Å². The monoisotopic (exact) mass is 433 g/mol. The van der Waals surface area contributed by atoms with E-state index in [4.69, 9.17) is 4.74 Å². The van der Waals surface area contributed by atoms with Gasteiger partial charge in [0, 0.05) is 45.0 Å². The van der Waals surface area contributed by atoms with E-state index in [1.807, 2.05) is 62.4 Å². The summed E-state index contributed by atoms with van der Waals surface area (Å²) in [4.78, 5) is 32.6. The highest BCUT2D eigenvalue weighted by atomic mass is 16.5. The molecule has 6 heteroatoms. The van der Waals surface area contributed by atoms with E-state index in [0.717, 1.165) is 18.7 Å². The molecule has 4 rings (SSSR count). The highest BCUT2D eigenvalue weighted by molar-refractivity contribution is 6.35. The minimum absolute atomic E-state index is 0.134. The van der Waals surface area contributed by atoms with E-state index in [0.29, 0.717) is 43.9 Å². The van der Waals surface area contributed by atoms with Crippen LogP contribution in [0.1, 0.15) is 25.8 Å². The Hall–Kier alpha value is -3.12. The Kier molecular flexibility index (Phi) is 6.90. The Morgan fingerprint density at radius 3 is 2.03 bits per heavy atom. The molecule has 2 heterocycles. The van der Waals surface area contributed by atoms with Gasteiger partial charge in [-0.2, -0.15) is 0 Å². The van der Waals surface area contributed by atoms with Crippen molar-refractivity contribution in [3.63, 3.8) is 0 Å². The average Bonchev–Trinajstić information content (AvgIpc) is 3.07. The van der Waals surface area contributed by atoms with Gasteiger partial charge in [0.15, 0.2) is 0 Å². The summed E-state index contributed by atoms with van der Waals surface area (Å²) in [6.07, 6.45) is 0.765. The zero-order valence-corrected chi connectivity index (χ0v) is 18.9. The SMILES string of the molecule is CC(C)OCCCN1C(=O)C(c2ccccc2)=C(N2CCN(c3ccccc3)CC2)C1=O. The number of anilines is 1. The first kappa shape index (κ1) is 22.1. The maximum absolute atomic E-state index is 13.4. The number of hydrogen-bond donors (Lipinski definition) is 0. The molecule has 168 valence electrons. The Bertz CT molecular complexity index is 964. The summed E-state index contributed by atoms with van der Waals surface area (Å²) >= 11 is 0. The first-order chi connectivity index (χ1) is 15.6. The molecule has 0 N–H and O–H groups in total. The second kappa shape index (κ2) is 10.0. The fourth-order valence-electron chi connectivity index (χ4n) is 4.29. The molecule has 0 spiro atoms. The molecule has 1 fully saturated rings. The number of amides is 2. The highest BCUT2D eigenvalue weighted by Crippen LogP contribution is 2.32. The molecule has 2 aliphatic rings. The molecule has 1 saturated heterocycles. The van der Waals surface area contributed by atoms with Crippen molar-refractivity contribution in [2.45, 2.75) is 26.4 Å². The molecule has 2 aromatic carbocycles. The molecule has 2 aromatic rings. The first-order valence-electron chi connectivity index (χ1n) is 11.4. The summed E-state index contributed by atoms with van der Waals surface area (Å²) in [7, 11) is 0. The molecule has 32 heavy (non-hydrogen) atoms. The van der Waals surface area contributed by atoms with Crippen molar-refractivity contribution >= 4 is 23.1 Å². The van der Waals surface area contributed by atoms with E-state index in [2.05, 4.69) is 21.9 Å². The number of carbonyl (C=O) groups excluding carboxylic acids is 2. The Balaban J connectivity index is 1.54. The second-order valence-electron chi connectivity index (χ2n) is 8.43. The summed E-state index contributed by atoms with van der Waals surface area (Å²) in [6, 6.07) is 19.9. The van der Waals surface area contributed by atoms with Crippen molar-refractivity contribution in [1.29, 1.82) is 0 Å². The standard InChI is InChI=1S/C26H31N3O3/c1-20(2)32-19-9-14-29-25(30)23(21-10-5-3-6-11-21)24(26(29)31)28-17-15-27(16-18-28)22-12-7-4-8-13-22/h3-8,10-13,20H,9,14-19H2,1-2H3. The third-order valence-corrected chi connectivity index (χ3v) is 5.90. The molecule has 0 atom stereocenters. The molecule has 2 amide bonds. The topological polar surface area (TPSA) is 53.1 Å². The van der Waals surface area contributed by atoms with Gasteiger partial charge in [-0.25, -0.2) is 0 Å². The molecular weight excluding hydrogens is 402 g/mol. The maximum Gasteiger partial charge on any atom is 0.277 e. The fraction of sp³-hybridized carbons (Fsp3) is 0.385. The van der Waals surface area contributed by atoms with Gasteiger partial charge in [-0.05, 0) is 38.0 Å². The third-order valence-electron chi connectivity index (χ3n) is 5.90. The Labute approximate surface area is 190 Å². The lowest BCUT2D eigenvalue weighted by molar-refractivity contribution is -0.137. The van der Waals surface area contributed by atoms with E-state index in [-0.39, 0.29) is 17.9 Å². The average molecular weight is 434 g/mol. The largest absolute Gasteiger partial charge is 0.379 e. The minimum Gasteiger partial charge on any atom is -0.379 e. The van der Waals surface area contributed by atoms with Crippen LogP contribution in [0.4, 0.5) is 5.69 Å². The van der Waals surface area contributed by atoms with Gasteiger partial charge in [0.2, 0.25) is 0 Å². The van der Waals surface area contributed by atoms with Crippen LogP contribution in [0.5, 0.6) is 0 Å². The fourth-order valence-corrected chi connectivity index (χ4v) is 4.29. The van der Waals surface area contributed by atoms with Crippen LogP contribution >= 0.6 is 0 Å². The molecule has 0 unspecified atom stereocenters. The van der Waals surface area contributed by atoms with Crippen molar-refractivity contribution < 1.29 is 14.3 Å². The summed E-state index contributed by atoms with van der Waals surface area (Å²) in [5, 5.41) is 0. The molecule has 0 bridgehead atoms. The second-order valence-corrected chi connectivity index (χ2v) is 8.43. The molecule has 0 aliphatic carbocycles. The van der Waals surface area contributed by atoms with E-state index < -0.39 is 0 Å². The van der Waals surface area contributed by atoms with Gasteiger partial charge in [0.1, 0.15) is 5.70 Å². The third kappa shape index (κ3) is 4.70. The van der Waals surface area contributed by atoms with E-state index >= 15 is 0 Å². The van der Waals surface area contributed by atoms with Gasteiger partial charge >= 0.3 is 0 Å². The van der Waals surface area contributed by atoms with Gasteiger partial charge in [0.05, 0.1) is 11.7 Å². The summed E-state index contributed by atoms with van der Waals surface area (Å²) in [5.41, 5.74) is 3.05. The molecule has 2 aliphatic heterocycles. The van der Waals surface area contributed by atoms with Gasteiger partial charge in [0.25, 0.3) is 11.8 Å². The van der Waals surface area contributed by atoms with Crippen LogP contribution in [-0.2, 0) is 14.3 Å². The summed E-state index contributed by atoms with van der Waals surface area (Å²) in [6.45, 7) is 7.86. The van der Waals surface area contributed by atoms with Crippen LogP contribution in [0.3, 0.4) is 0 Å². The Morgan fingerprint density at radius 1 is 0.812 bits per heavy atom. The quantitative estimate of drug-likeness (QED) is 0.472. The predicted molar refractivity (Wildman–Crippen MR) is 126 cm³/mol. The van der Waals surface area contributed by atoms with Crippen molar-refractivity contribution in [1.82, 2.24) is 9.80 Å². The van der Waals surface area contributed by atoms with Crippen LogP contribution in [-0.4, -0.2) is 67.0 Å². The summed E-state index contributed by atoms with van der Waals surface area (Å²) < 4.78 is 5.60. The Morgan fingerprint density at radius 2 is 1.41 bits per heavy atom. The number of imide groups is 1. The summed E-state index contributed by atoms with van der Waals surface area (Å²) in [5.74, 6) is -0.391. The zero-order valence-electron chi connectivity index (χ0n) is 18.9. The van der Waals surface area contributed by atoms with Crippen molar-refractivity contribution in [2.24, 2.45) is 0 Å². The van der Waals surface area contributed by atoms with E-state index in [9.17, 15) is 9.59 Å². The lowest BCUT2D eigenvalue weighted by Gasteiger charge is -2.37. The van der Waals surface area contributed by atoms with Crippen molar-refractivity contribution in [3.8, 4) is 0 Å². The smallest absolute Gasteiger partial charge is 0.277 e. The van der Waals surface area contributed by atoms with Crippen LogP contribution < -0.4 is 4.90 Å². The van der Waals surface area contributed by atoms with E-state index in [1.165, 1.54) is 10.6 Å². The van der Waals surface area contributed by atoms with Gasteiger partial charge in [-0.1, -0.05) is 48.5 Å². The van der Waals surface area contributed by atoms with Gasteiger partial charge < -0.3 is 14.5 Å². The molecular formula is C26H31N3O3. The normalized spacial score (nSPS) is 17.2. The molecule has 0 radical (unpaired) electrons. The molecule has 6 nitrogen and oxygen atoms in total. The minimum atomic E-state index is -0.203. The van der Waals surface area contributed by atoms with Crippen molar-refractivity contribution in [2.75, 3.05) is 44.2 Å². The van der Waals surface area contributed by atoms with Crippen molar-refractivity contribution in [3.05, 3.63) is 71.9 Å². The molecule has 0 saturated carbocycles. The number of para-hydroxylation sites is 1. The highest BCUT2D eigenvalue weighted by Gasteiger charge is 2.41. The zero-order chi connectivity index (χ0) is 22.5. The first-order valence-corrected chi connectivity index (χ1v) is 11.4. The van der Waals surface area contributed by atoms with Crippen LogP contribution in [0.15, 0.2) is 66.4 Å². The van der Waals surface area contributed by atoms with Crippen LogP contribution in [0.2, 0.25) is 0 Å². The van der Waals surface area contributed by atoms with Gasteiger partial charge in [-0.15, -0.1) is 0 Å². The maximum atomic E-state index is 13.4. The van der Waals surface area contributed by atoms with Crippen LogP contribution in [0.25, 0.3) is 5.57 Å². The van der Waals surface area contributed by atoms with E-state index in [1.54, 1.807) is 0 Å². The number of nitrogens with zero attached hydrogens (tertiary/aromatic N) is 3. The predicted octanol–water partition coefficient (Wildman–Crippen LogP) is 3.40. The lowest BCUT2D eigenvalue weighted by atomic mass is 10.0. The molecule has 0 aromatic heterocycles. The van der Waals surface area contributed by atoms with Crippen LogP contribution in [0, 0.1) is 0 Å². The lowest BCUT2D eigenvalue weighted by Crippen LogP contribution is -2.47. The number of piperazine rings is 1. The number of hydrogen-bond acceptors (Lipinski definition) is 5.